The largest absolute Gasteiger partial charge is 0.364 e. The second kappa shape index (κ2) is 4.61. The Hall–Kier alpha value is -2.96. The van der Waals surface area contributed by atoms with Gasteiger partial charge in [-0.2, -0.15) is 10.1 Å². The molecule has 0 unspecified atom stereocenters. The fraction of sp³-hybridized carbons (Fsp3) is 0.0769. The van der Waals surface area contributed by atoms with Crippen LogP contribution in [0.4, 0.5) is 5.95 Å². The minimum atomic E-state index is -0.573. The van der Waals surface area contributed by atoms with Crippen molar-refractivity contribution in [2.24, 2.45) is 5.73 Å². The second-order valence-corrected chi connectivity index (χ2v) is 4.15. The van der Waals surface area contributed by atoms with Crippen LogP contribution < -0.4 is 11.1 Å². The first-order valence-corrected chi connectivity index (χ1v) is 5.99. The van der Waals surface area contributed by atoms with Crippen molar-refractivity contribution < 1.29 is 4.79 Å². The van der Waals surface area contributed by atoms with Crippen molar-refractivity contribution in [1.29, 1.82) is 0 Å². The Morgan fingerprint density at radius 1 is 1.25 bits per heavy atom. The molecule has 0 radical (unpaired) electrons. The second-order valence-electron chi connectivity index (χ2n) is 4.15. The van der Waals surface area contributed by atoms with Gasteiger partial charge in [0.05, 0.1) is 5.52 Å². The summed E-state index contributed by atoms with van der Waals surface area (Å²) in [6.45, 7) is 0. The average molecular weight is 268 g/mol. The monoisotopic (exact) mass is 268 g/mol. The van der Waals surface area contributed by atoms with Crippen molar-refractivity contribution in [3.05, 3.63) is 42.2 Å². The summed E-state index contributed by atoms with van der Waals surface area (Å²) in [7, 11) is 1.74. The number of rotatable bonds is 3. The van der Waals surface area contributed by atoms with Gasteiger partial charge in [-0.1, -0.05) is 12.1 Å². The van der Waals surface area contributed by atoms with Crippen molar-refractivity contribution in [2.45, 2.75) is 0 Å². The molecule has 7 nitrogen and oxygen atoms in total. The van der Waals surface area contributed by atoms with Crippen LogP contribution in [0.2, 0.25) is 0 Å². The number of hydrogen-bond acceptors (Lipinski definition) is 5. The molecule has 2 heterocycles. The average Bonchev–Trinajstić information content (AvgIpc) is 2.96. The molecule has 0 aliphatic rings. The number of anilines is 1. The number of primary amides is 1. The zero-order chi connectivity index (χ0) is 14.1. The zero-order valence-corrected chi connectivity index (χ0v) is 10.7. The Balaban J connectivity index is 2.25. The molecule has 3 N–H and O–H groups in total. The van der Waals surface area contributed by atoms with Crippen molar-refractivity contribution in [3.63, 3.8) is 0 Å². The van der Waals surface area contributed by atoms with E-state index in [9.17, 15) is 4.79 Å². The van der Waals surface area contributed by atoms with Gasteiger partial charge in [0.15, 0.2) is 5.82 Å². The van der Waals surface area contributed by atoms with Gasteiger partial charge in [0, 0.05) is 18.6 Å². The lowest BCUT2D eigenvalue weighted by Gasteiger charge is -2.07. The summed E-state index contributed by atoms with van der Waals surface area (Å²) in [5, 5.41) is 7.87. The van der Waals surface area contributed by atoms with E-state index in [2.05, 4.69) is 20.4 Å². The van der Waals surface area contributed by atoms with E-state index in [1.807, 2.05) is 24.3 Å². The molecular weight excluding hydrogens is 256 g/mol. The number of nitrogens with zero attached hydrogens (tertiary/aromatic N) is 4. The molecule has 0 fully saturated rings. The minimum Gasteiger partial charge on any atom is -0.364 e. The predicted molar refractivity (Wildman–Crippen MR) is 74.7 cm³/mol. The number of fused-ring (bicyclic) bond motifs is 1. The third kappa shape index (κ3) is 1.95. The van der Waals surface area contributed by atoms with Gasteiger partial charge in [0.1, 0.15) is 5.69 Å². The lowest BCUT2D eigenvalue weighted by atomic mass is 10.2. The number of carbonyl (C=O) groups is 1. The van der Waals surface area contributed by atoms with Crippen LogP contribution in [0.25, 0.3) is 16.7 Å². The minimum absolute atomic E-state index is 0.193. The molecule has 1 aromatic carbocycles. The van der Waals surface area contributed by atoms with Crippen LogP contribution in [0.3, 0.4) is 0 Å². The lowest BCUT2D eigenvalue weighted by molar-refractivity contribution is 0.0995. The Kier molecular flexibility index (Phi) is 2.79. The normalized spacial score (nSPS) is 10.7. The van der Waals surface area contributed by atoms with Gasteiger partial charge in [0.2, 0.25) is 5.95 Å². The molecule has 2 aromatic heterocycles. The highest BCUT2D eigenvalue weighted by Crippen LogP contribution is 2.20. The van der Waals surface area contributed by atoms with E-state index in [0.717, 1.165) is 10.9 Å². The molecule has 20 heavy (non-hydrogen) atoms. The molecule has 0 aliphatic carbocycles. The number of para-hydroxylation sites is 1. The molecule has 0 atom stereocenters. The standard InChI is InChI=1S/C13H12N6O/c1-15-13-16-9-5-3-2-4-8(9)12(17-13)19-7-6-10(18-19)11(14)20/h2-7H,1H3,(H2,14,20)(H,15,16,17). The van der Waals surface area contributed by atoms with Gasteiger partial charge in [0.25, 0.3) is 5.91 Å². The van der Waals surface area contributed by atoms with Crippen molar-refractivity contribution in [1.82, 2.24) is 19.7 Å². The predicted octanol–water partition coefficient (Wildman–Crippen LogP) is 0.956. The van der Waals surface area contributed by atoms with Crippen LogP contribution in [0.1, 0.15) is 10.5 Å². The third-order valence-electron chi connectivity index (χ3n) is 2.87. The van der Waals surface area contributed by atoms with Crippen LogP contribution in [0, 0.1) is 0 Å². The molecule has 0 saturated carbocycles. The van der Waals surface area contributed by atoms with E-state index in [-0.39, 0.29) is 5.69 Å². The molecule has 3 aromatic rings. The summed E-state index contributed by atoms with van der Waals surface area (Å²) in [5.74, 6) is 0.498. The Labute approximate surface area is 114 Å². The van der Waals surface area contributed by atoms with Gasteiger partial charge in [-0.15, -0.1) is 0 Å². The summed E-state index contributed by atoms with van der Waals surface area (Å²) in [4.78, 5) is 19.9. The third-order valence-corrected chi connectivity index (χ3v) is 2.87. The van der Waals surface area contributed by atoms with Crippen LogP contribution in [-0.4, -0.2) is 32.7 Å². The SMILES string of the molecule is CNc1nc(-n2ccc(C(N)=O)n2)c2ccccc2n1. The van der Waals surface area contributed by atoms with Crippen molar-refractivity contribution >= 4 is 22.8 Å². The Bertz CT molecular complexity index is 794. The number of aromatic nitrogens is 4. The van der Waals surface area contributed by atoms with E-state index in [0.29, 0.717) is 11.8 Å². The van der Waals surface area contributed by atoms with Crippen LogP contribution in [-0.2, 0) is 0 Å². The van der Waals surface area contributed by atoms with E-state index < -0.39 is 5.91 Å². The number of nitrogens with two attached hydrogens (primary N) is 1. The van der Waals surface area contributed by atoms with E-state index in [1.165, 1.54) is 4.68 Å². The zero-order valence-electron chi connectivity index (χ0n) is 10.7. The summed E-state index contributed by atoms with van der Waals surface area (Å²) in [6, 6.07) is 9.14. The Morgan fingerprint density at radius 3 is 2.75 bits per heavy atom. The topological polar surface area (TPSA) is 98.7 Å². The van der Waals surface area contributed by atoms with Crippen LogP contribution >= 0.6 is 0 Å². The van der Waals surface area contributed by atoms with Crippen molar-refractivity contribution in [3.8, 4) is 5.82 Å². The smallest absolute Gasteiger partial charge is 0.269 e. The molecule has 100 valence electrons. The van der Waals surface area contributed by atoms with E-state index in [4.69, 9.17) is 5.73 Å². The number of hydrogen-bond donors (Lipinski definition) is 2. The quantitative estimate of drug-likeness (QED) is 0.737. The van der Waals surface area contributed by atoms with E-state index >= 15 is 0 Å². The maximum Gasteiger partial charge on any atom is 0.269 e. The summed E-state index contributed by atoms with van der Waals surface area (Å²) >= 11 is 0. The summed E-state index contributed by atoms with van der Waals surface area (Å²) in [6.07, 6.45) is 1.65. The molecule has 3 rings (SSSR count). The Morgan fingerprint density at radius 2 is 2.05 bits per heavy atom. The summed E-state index contributed by atoms with van der Waals surface area (Å²) < 4.78 is 1.52. The van der Waals surface area contributed by atoms with Gasteiger partial charge < -0.3 is 11.1 Å². The number of benzene rings is 1. The van der Waals surface area contributed by atoms with Gasteiger partial charge in [-0.25, -0.2) is 9.67 Å². The summed E-state index contributed by atoms with van der Waals surface area (Å²) in [5.41, 5.74) is 6.20. The maximum absolute atomic E-state index is 11.1. The highest BCUT2D eigenvalue weighted by atomic mass is 16.1. The van der Waals surface area contributed by atoms with Gasteiger partial charge in [-0.3, -0.25) is 4.79 Å². The molecule has 0 spiro atoms. The first-order valence-electron chi connectivity index (χ1n) is 5.99. The first kappa shape index (κ1) is 12.1. The molecular formula is C13H12N6O. The fourth-order valence-electron chi connectivity index (χ4n) is 1.92. The number of nitrogens with one attached hydrogen (secondary N) is 1. The highest BCUT2D eigenvalue weighted by molar-refractivity contribution is 5.91. The molecule has 1 amide bonds. The van der Waals surface area contributed by atoms with Crippen molar-refractivity contribution in [2.75, 3.05) is 12.4 Å². The molecule has 0 bridgehead atoms. The van der Waals surface area contributed by atoms with Crippen LogP contribution in [0.5, 0.6) is 0 Å². The van der Waals surface area contributed by atoms with E-state index in [1.54, 1.807) is 19.3 Å². The fourth-order valence-corrected chi connectivity index (χ4v) is 1.92. The van der Waals surface area contributed by atoms with Crippen LogP contribution in [0.15, 0.2) is 36.5 Å². The lowest BCUT2D eigenvalue weighted by Crippen LogP contribution is -2.12. The number of amides is 1. The van der Waals surface area contributed by atoms with Gasteiger partial charge in [-0.05, 0) is 18.2 Å². The molecule has 7 heteroatoms. The first-order chi connectivity index (χ1) is 9.69. The highest BCUT2D eigenvalue weighted by Gasteiger charge is 2.11. The molecule has 0 saturated heterocycles. The van der Waals surface area contributed by atoms with Gasteiger partial charge >= 0.3 is 0 Å². The molecule has 0 aliphatic heterocycles. The number of carbonyl (C=O) groups excluding carboxylic acids is 1. The maximum atomic E-state index is 11.1.